The predicted molar refractivity (Wildman–Crippen MR) is 120 cm³/mol. The van der Waals surface area contributed by atoms with Crippen LogP contribution in [0.25, 0.3) is 0 Å². The van der Waals surface area contributed by atoms with E-state index in [1.807, 2.05) is 19.9 Å². The maximum absolute atomic E-state index is 11.8. The molecular weight excluding hydrogens is 457 g/mol. The quantitative estimate of drug-likeness (QED) is 0.290. The first-order valence-corrected chi connectivity index (χ1v) is 8.82. The number of aryl methyl sites for hydroxylation is 2. The van der Waals surface area contributed by atoms with E-state index >= 15 is 0 Å². The minimum atomic E-state index is -0.0230. The highest BCUT2D eigenvalue weighted by Crippen LogP contribution is 2.13. The van der Waals surface area contributed by atoms with Gasteiger partial charge >= 0.3 is 0 Å². The minimum Gasteiger partial charge on any atom is -0.353 e. The van der Waals surface area contributed by atoms with Crippen molar-refractivity contribution in [1.82, 2.24) is 25.1 Å². The van der Waals surface area contributed by atoms with E-state index < -0.39 is 0 Å². The number of piperazine rings is 1. The highest BCUT2D eigenvalue weighted by Gasteiger charge is 2.22. The van der Waals surface area contributed by atoms with Crippen molar-refractivity contribution in [3.8, 4) is 0 Å². The lowest BCUT2D eigenvalue weighted by Crippen LogP contribution is -2.53. The minimum absolute atomic E-state index is 0. The summed E-state index contributed by atoms with van der Waals surface area (Å²) in [5.74, 6) is 1.49. The van der Waals surface area contributed by atoms with Gasteiger partial charge in [-0.3, -0.25) is 4.79 Å². The van der Waals surface area contributed by atoms with Crippen molar-refractivity contribution < 1.29 is 4.79 Å². The summed E-state index contributed by atoms with van der Waals surface area (Å²) in [6.45, 7) is 11.6. The van der Waals surface area contributed by atoms with Crippen LogP contribution in [0.5, 0.6) is 0 Å². The summed E-state index contributed by atoms with van der Waals surface area (Å²) in [4.78, 5) is 31.3. The molecule has 0 aromatic carbocycles. The fourth-order valence-corrected chi connectivity index (χ4v) is 2.68. The maximum atomic E-state index is 11.8. The highest BCUT2D eigenvalue weighted by atomic mass is 127. The van der Waals surface area contributed by atoms with E-state index in [2.05, 4.69) is 36.7 Å². The number of carbonyl (C=O) groups is 1. The summed E-state index contributed by atoms with van der Waals surface area (Å²) in [5, 5.41) is 3.24. The van der Waals surface area contributed by atoms with Crippen LogP contribution in [-0.2, 0) is 4.79 Å². The van der Waals surface area contributed by atoms with Crippen LogP contribution in [0.3, 0.4) is 0 Å². The van der Waals surface area contributed by atoms with Crippen LogP contribution in [0.2, 0.25) is 0 Å². The first kappa shape index (κ1) is 23.1. The Kier molecular flexibility index (Phi) is 9.47. The van der Waals surface area contributed by atoms with Gasteiger partial charge < -0.3 is 20.0 Å². The number of nitrogens with one attached hydrogen (secondary N) is 1. The van der Waals surface area contributed by atoms with E-state index in [0.717, 1.165) is 49.5 Å². The molecule has 0 atom stereocenters. The Hall–Kier alpha value is -1.91. The van der Waals surface area contributed by atoms with E-state index in [4.69, 9.17) is 0 Å². The van der Waals surface area contributed by atoms with Gasteiger partial charge in [0, 0.05) is 58.2 Å². The van der Waals surface area contributed by atoms with E-state index in [1.165, 1.54) is 0 Å². The molecule has 0 bridgehead atoms. The summed E-state index contributed by atoms with van der Waals surface area (Å²) in [6.07, 6.45) is 1.78. The Balaban J connectivity index is 0.00000364. The number of rotatable bonds is 5. The molecule has 2 rings (SSSR count). The molecule has 2 heterocycles. The molecule has 1 fully saturated rings. The average molecular weight is 487 g/mol. The lowest BCUT2D eigenvalue weighted by atomic mass is 10.3. The predicted octanol–water partition coefficient (Wildman–Crippen LogP) is 1.05. The third-order valence-corrected chi connectivity index (χ3v) is 4.10. The molecule has 1 saturated heterocycles. The van der Waals surface area contributed by atoms with Gasteiger partial charge in [0.05, 0.1) is 0 Å². The maximum Gasteiger partial charge on any atom is 0.243 e. The van der Waals surface area contributed by atoms with Crippen molar-refractivity contribution in [2.45, 2.75) is 13.8 Å². The van der Waals surface area contributed by atoms with Gasteiger partial charge in [-0.15, -0.1) is 30.6 Å². The van der Waals surface area contributed by atoms with Crippen LogP contribution in [0.4, 0.5) is 5.95 Å². The number of hydrogen-bond acceptors (Lipinski definition) is 5. The third kappa shape index (κ3) is 6.96. The van der Waals surface area contributed by atoms with Gasteiger partial charge in [-0.05, 0) is 19.9 Å². The molecule has 1 aliphatic heterocycles. The Bertz CT molecular complexity index is 649. The Morgan fingerprint density at radius 1 is 1.26 bits per heavy atom. The van der Waals surface area contributed by atoms with Crippen molar-refractivity contribution in [2.75, 3.05) is 58.3 Å². The zero-order chi connectivity index (χ0) is 19.1. The topological polar surface area (TPSA) is 77.0 Å². The smallest absolute Gasteiger partial charge is 0.243 e. The average Bonchev–Trinajstić information content (AvgIpc) is 2.61. The van der Waals surface area contributed by atoms with Gasteiger partial charge in [-0.25, -0.2) is 15.0 Å². The molecule has 9 heteroatoms. The summed E-state index contributed by atoms with van der Waals surface area (Å²) in [7, 11) is 3.47. The first-order valence-electron chi connectivity index (χ1n) is 8.82. The van der Waals surface area contributed by atoms with Crippen molar-refractivity contribution >= 4 is 41.8 Å². The Morgan fingerprint density at radius 2 is 1.85 bits per heavy atom. The molecule has 0 aliphatic carbocycles. The molecule has 0 radical (unpaired) electrons. The van der Waals surface area contributed by atoms with Gasteiger partial charge in [-0.1, -0.05) is 6.08 Å². The third-order valence-electron chi connectivity index (χ3n) is 4.10. The van der Waals surface area contributed by atoms with Crippen LogP contribution in [0.15, 0.2) is 23.7 Å². The van der Waals surface area contributed by atoms with Crippen LogP contribution in [0.1, 0.15) is 11.4 Å². The van der Waals surface area contributed by atoms with Gasteiger partial charge in [0.25, 0.3) is 0 Å². The number of halogens is 1. The molecule has 1 amide bonds. The second kappa shape index (κ2) is 11.1. The van der Waals surface area contributed by atoms with Crippen molar-refractivity contribution in [3.05, 3.63) is 30.1 Å². The molecule has 1 aromatic rings. The Morgan fingerprint density at radius 3 is 2.37 bits per heavy atom. The number of guanidine groups is 1. The number of carbonyl (C=O) groups excluding carboxylic acids is 1. The highest BCUT2D eigenvalue weighted by molar-refractivity contribution is 14.0. The number of amides is 1. The van der Waals surface area contributed by atoms with Gasteiger partial charge in [-0.2, -0.15) is 0 Å². The second-order valence-electron chi connectivity index (χ2n) is 6.52. The lowest BCUT2D eigenvalue weighted by molar-refractivity contribution is -0.127. The van der Waals surface area contributed by atoms with E-state index in [-0.39, 0.29) is 36.4 Å². The van der Waals surface area contributed by atoms with Gasteiger partial charge in [0.15, 0.2) is 5.96 Å². The molecule has 0 spiro atoms. The standard InChI is InChI=1S/C18H29N7O.HI/c1-6-7-19-17(20-13-16(26)23(4)5)24-8-10-25(11-9-24)18-21-14(2)12-15(3)22-18;/h6,12H,1,7-11,13H2,2-5H3,(H,19,20);1H. The molecule has 0 unspecified atom stereocenters. The zero-order valence-corrected chi connectivity index (χ0v) is 18.9. The molecule has 27 heavy (non-hydrogen) atoms. The van der Waals surface area contributed by atoms with Crippen LogP contribution >= 0.6 is 24.0 Å². The number of anilines is 1. The monoisotopic (exact) mass is 487 g/mol. The molecular formula is C18H30IN7O. The normalized spacial score (nSPS) is 14.4. The number of nitrogens with zero attached hydrogens (tertiary/aromatic N) is 6. The molecule has 8 nitrogen and oxygen atoms in total. The summed E-state index contributed by atoms with van der Waals surface area (Å²) < 4.78 is 0. The molecule has 1 aliphatic rings. The van der Waals surface area contributed by atoms with E-state index in [9.17, 15) is 4.79 Å². The van der Waals surface area contributed by atoms with E-state index in [0.29, 0.717) is 6.54 Å². The molecule has 1 N–H and O–H groups in total. The summed E-state index contributed by atoms with van der Waals surface area (Å²) in [6, 6.07) is 1.98. The summed E-state index contributed by atoms with van der Waals surface area (Å²) >= 11 is 0. The van der Waals surface area contributed by atoms with Crippen LogP contribution < -0.4 is 10.2 Å². The number of likely N-dealkylation sites (N-methyl/N-ethyl adjacent to an activating group) is 1. The largest absolute Gasteiger partial charge is 0.353 e. The van der Waals surface area contributed by atoms with Crippen molar-refractivity contribution in [3.63, 3.8) is 0 Å². The number of aliphatic imine (C=N–C) groups is 1. The van der Waals surface area contributed by atoms with E-state index in [1.54, 1.807) is 25.1 Å². The summed E-state index contributed by atoms with van der Waals surface area (Å²) in [5.41, 5.74) is 1.96. The number of aromatic nitrogens is 2. The number of hydrogen-bond donors (Lipinski definition) is 1. The Labute approximate surface area is 178 Å². The van der Waals surface area contributed by atoms with Gasteiger partial charge in [0.1, 0.15) is 6.54 Å². The SMILES string of the molecule is C=CCNC(=NCC(=O)N(C)C)N1CCN(c2nc(C)cc(C)n2)CC1.I. The fraction of sp³-hybridized carbons (Fsp3) is 0.556. The second-order valence-corrected chi connectivity index (χ2v) is 6.52. The van der Waals surface area contributed by atoms with Gasteiger partial charge in [0.2, 0.25) is 11.9 Å². The fourth-order valence-electron chi connectivity index (χ4n) is 2.68. The lowest BCUT2D eigenvalue weighted by Gasteiger charge is -2.36. The van der Waals surface area contributed by atoms with Crippen LogP contribution in [0, 0.1) is 13.8 Å². The first-order chi connectivity index (χ1) is 12.4. The molecule has 0 saturated carbocycles. The van der Waals surface area contributed by atoms with Crippen LogP contribution in [-0.4, -0.2) is 85.0 Å². The van der Waals surface area contributed by atoms with Crippen molar-refractivity contribution in [1.29, 1.82) is 0 Å². The zero-order valence-electron chi connectivity index (χ0n) is 16.6. The van der Waals surface area contributed by atoms with Crippen molar-refractivity contribution in [2.24, 2.45) is 4.99 Å². The molecule has 150 valence electrons. The molecule has 1 aromatic heterocycles.